The summed E-state index contributed by atoms with van der Waals surface area (Å²) >= 11 is 0. The zero-order valence-corrected chi connectivity index (χ0v) is 13.0. The normalized spacial score (nSPS) is 11.9. The molecule has 0 unspecified atom stereocenters. The molecule has 0 bridgehead atoms. The molecule has 0 aliphatic carbocycles. The Balaban J connectivity index is 4.68. The number of hydrogen-bond donors (Lipinski definition) is 0. The Bertz CT molecular complexity index is 284. The van der Waals surface area contributed by atoms with Crippen molar-refractivity contribution in [3.05, 3.63) is 12.2 Å². The Labute approximate surface area is 103 Å². The van der Waals surface area contributed by atoms with E-state index in [-0.39, 0.29) is 5.60 Å². The molecule has 0 atom stereocenters. The van der Waals surface area contributed by atoms with Crippen LogP contribution in [0.3, 0.4) is 0 Å². The van der Waals surface area contributed by atoms with E-state index >= 15 is 0 Å². The van der Waals surface area contributed by atoms with Gasteiger partial charge in [0.25, 0.3) is 0 Å². The highest BCUT2D eigenvalue weighted by molar-refractivity contribution is 6.55. The summed E-state index contributed by atoms with van der Waals surface area (Å²) in [7, 11) is -1.20. The van der Waals surface area contributed by atoms with Gasteiger partial charge in [-0.05, 0) is 37.4 Å². The number of allylic oxidation sites excluding steroid dienone is 1. The van der Waals surface area contributed by atoms with E-state index in [0.29, 0.717) is 11.1 Å². The Morgan fingerprint density at radius 3 is 1.94 bits per heavy atom. The third kappa shape index (κ3) is 6.15. The van der Waals surface area contributed by atoms with Crippen molar-refractivity contribution in [3.8, 4) is 11.8 Å². The third-order valence-corrected chi connectivity index (χ3v) is 5.81. The predicted molar refractivity (Wildman–Crippen MR) is 75.1 cm³/mol. The van der Waals surface area contributed by atoms with Crippen LogP contribution in [0.4, 0.5) is 0 Å². The highest BCUT2D eigenvalue weighted by atomic mass is 28.3. The molecule has 92 valence electrons. The van der Waals surface area contributed by atoms with E-state index in [0.717, 1.165) is 5.57 Å². The summed E-state index contributed by atoms with van der Waals surface area (Å²) in [5.74, 6) is 6.18. The monoisotopic (exact) mass is 238 g/mol. The highest BCUT2D eigenvalue weighted by Crippen LogP contribution is 2.25. The summed E-state index contributed by atoms with van der Waals surface area (Å²) in [6.07, 6.45) is 0. The Hall–Kier alpha value is -0.523. The Kier molecular flexibility index (Phi) is 6.07. The summed E-state index contributed by atoms with van der Waals surface area (Å²) < 4.78 is 6.24. The summed E-state index contributed by atoms with van der Waals surface area (Å²) in [5, 5.41) is 0. The van der Waals surface area contributed by atoms with Crippen molar-refractivity contribution in [2.24, 2.45) is 0 Å². The number of hydrogen-bond acceptors (Lipinski definition) is 1. The molecule has 16 heavy (non-hydrogen) atoms. The Morgan fingerprint density at radius 2 is 1.62 bits per heavy atom. The minimum Gasteiger partial charge on any atom is -0.404 e. The van der Waals surface area contributed by atoms with Crippen LogP contribution in [0, 0.1) is 11.8 Å². The van der Waals surface area contributed by atoms with Crippen LogP contribution in [0.25, 0.3) is 0 Å². The lowest BCUT2D eigenvalue weighted by atomic mass is 10.1. The highest BCUT2D eigenvalue weighted by Gasteiger charge is 2.27. The van der Waals surface area contributed by atoms with E-state index in [4.69, 9.17) is 4.43 Å². The third-order valence-electron chi connectivity index (χ3n) is 2.32. The largest absolute Gasteiger partial charge is 0.404 e. The van der Waals surface area contributed by atoms with Crippen LogP contribution in [-0.2, 0) is 4.43 Å². The molecule has 0 N–H and O–H groups in total. The topological polar surface area (TPSA) is 9.23 Å². The molecular weight excluding hydrogens is 212 g/mol. The Morgan fingerprint density at radius 1 is 1.19 bits per heavy atom. The van der Waals surface area contributed by atoms with Gasteiger partial charge in [-0.2, -0.15) is 0 Å². The first kappa shape index (κ1) is 15.5. The fraction of sp³-hybridized carbons (Fsp3) is 0.714. The minimum absolute atomic E-state index is 0.343. The van der Waals surface area contributed by atoms with Gasteiger partial charge >= 0.3 is 0 Å². The van der Waals surface area contributed by atoms with Gasteiger partial charge in [-0.3, -0.25) is 0 Å². The van der Waals surface area contributed by atoms with Gasteiger partial charge < -0.3 is 4.43 Å². The van der Waals surface area contributed by atoms with Crippen LogP contribution >= 0.6 is 0 Å². The fourth-order valence-electron chi connectivity index (χ4n) is 1.67. The molecule has 0 saturated heterocycles. The summed E-state index contributed by atoms with van der Waals surface area (Å²) in [6, 6.07) is 0. The van der Waals surface area contributed by atoms with Crippen molar-refractivity contribution < 1.29 is 4.43 Å². The molecule has 0 amide bonds. The lowest BCUT2D eigenvalue weighted by molar-refractivity contribution is 0.164. The van der Waals surface area contributed by atoms with E-state index in [1.807, 2.05) is 20.8 Å². The van der Waals surface area contributed by atoms with Gasteiger partial charge in [-0.1, -0.05) is 46.1 Å². The average Bonchev–Trinajstić information content (AvgIpc) is 2.10. The molecule has 0 aromatic heterocycles. The molecule has 2 heteroatoms. The van der Waals surface area contributed by atoms with E-state index in [9.17, 15) is 0 Å². The van der Waals surface area contributed by atoms with E-state index < -0.39 is 9.04 Å². The smallest absolute Gasteiger partial charge is 0.184 e. The maximum atomic E-state index is 6.24. The molecule has 0 aliphatic rings. The standard InChI is InChI=1S/C14H26OSi/c1-11(2)9-10-14(7,8)15-16(12(3)4)13(5)6/h12-13,16H,1H2,2-8H3. The first-order chi connectivity index (χ1) is 7.15. The minimum atomic E-state index is -1.20. The molecule has 0 aliphatic heterocycles. The average molecular weight is 238 g/mol. The second-order valence-corrected chi connectivity index (χ2v) is 9.44. The zero-order chi connectivity index (χ0) is 12.9. The van der Waals surface area contributed by atoms with Crippen LogP contribution in [-0.4, -0.2) is 14.6 Å². The lowest BCUT2D eigenvalue weighted by Gasteiger charge is -2.31. The van der Waals surface area contributed by atoms with Crippen molar-refractivity contribution in [1.29, 1.82) is 0 Å². The van der Waals surface area contributed by atoms with Crippen molar-refractivity contribution in [2.75, 3.05) is 0 Å². The van der Waals surface area contributed by atoms with Crippen molar-refractivity contribution >= 4 is 9.04 Å². The van der Waals surface area contributed by atoms with Crippen molar-refractivity contribution in [1.82, 2.24) is 0 Å². The van der Waals surface area contributed by atoms with Crippen LogP contribution in [0.15, 0.2) is 12.2 Å². The molecule has 0 radical (unpaired) electrons. The van der Waals surface area contributed by atoms with Crippen LogP contribution in [0.1, 0.15) is 48.5 Å². The predicted octanol–water partition coefficient (Wildman–Crippen LogP) is 3.90. The molecule has 0 heterocycles. The molecule has 0 rings (SSSR count). The van der Waals surface area contributed by atoms with Gasteiger partial charge in [0.05, 0.1) is 0 Å². The van der Waals surface area contributed by atoms with Crippen LogP contribution < -0.4 is 0 Å². The van der Waals surface area contributed by atoms with Gasteiger partial charge in [0.15, 0.2) is 9.04 Å². The van der Waals surface area contributed by atoms with E-state index in [1.54, 1.807) is 0 Å². The molecule has 1 nitrogen and oxygen atoms in total. The molecule has 0 aromatic carbocycles. The summed E-state index contributed by atoms with van der Waals surface area (Å²) in [6.45, 7) is 18.8. The maximum Gasteiger partial charge on any atom is 0.184 e. The summed E-state index contributed by atoms with van der Waals surface area (Å²) in [4.78, 5) is 0. The molecular formula is C14H26OSi. The maximum absolute atomic E-state index is 6.24. The second-order valence-electron chi connectivity index (χ2n) is 5.61. The van der Waals surface area contributed by atoms with Gasteiger partial charge in [-0.25, -0.2) is 0 Å². The van der Waals surface area contributed by atoms with Gasteiger partial charge in [0.2, 0.25) is 0 Å². The van der Waals surface area contributed by atoms with Gasteiger partial charge in [-0.15, -0.1) is 0 Å². The SMILES string of the molecule is C=C(C)C#CC(C)(C)O[SiH](C(C)C)C(C)C. The second kappa shape index (κ2) is 6.27. The van der Waals surface area contributed by atoms with Crippen LogP contribution in [0.2, 0.25) is 11.1 Å². The van der Waals surface area contributed by atoms with Crippen molar-refractivity contribution in [2.45, 2.75) is 65.1 Å². The zero-order valence-electron chi connectivity index (χ0n) is 11.8. The van der Waals surface area contributed by atoms with E-state index in [1.165, 1.54) is 0 Å². The number of rotatable bonds is 4. The molecule has 0 fully saturated rings. The molecule has 0 aromatic rings. The summed E-state index contributed by atoms with van der Waals surface area (Å²) in [5.41, 5.74) is 1.84. The van der Waals surface area contributed by atoms with E-state index in [2.05, 4.69) is 46.1 Å². The lowest BCUT2D eigenvalue weighted by Crippen LogP contribution is -2.36. The first-order valence-corrected chi connectivity index (χ1v) is 7.82. The fourth-order valence-corrected chi connectivity index (χ4v) is 4.49. The molecule has 0 spiro atoms. The quantitative estimate of drug-likeness (QED) is 0.533. The van der Waals surface area contributed by atoms with Crippen molar-refractivity contribution in [3.63, 3.8) is 0 Å². The molecule has 0 saturated carbocycles. The van der Waals surface area contributed by atoms with Crippen LogP contribution in [0.5, 0.6) is 0 Å². The van der Waals surface area contributed by atoms with Gasteiger partial charge in [0, 0.05) is 0 Å². The van der Waals surface area contributed by atoms with Gasteiger partial charge in [0.1, 0.15) is 5.60 Å². The first-order valence-electron chi connectivity index (χ1n) is 6.02.